The van der Waals surface area contributed by atoms with Crippen LogP contribution in [-0.2, 0) is 55.7 Å². The van der Waals surface area contributed by atoms with Crippen LogP contribution in [0.15, 0.2) is 41.5 Å². The number of amides is 1. The van der Waals surface area contributed by atoms with E-state index in [0.717, 1.165) is 11.9 Å². The Balaban J connectivity index is 0.798. The number of pyridine rings is 1. The van der Waals surface area contributed by atoms with Crippen molar-refractivity contribution < 1.29 is 95.8 Å². The predicted octanol–water partition coefficient (Wildman–Crippen LogP) is -2.81. The van der Waals surface area contributed by atoms with Crippen LogP contribution in [0.5, 0.6) is 5.75 Å². The monoisotopic (exact) mass is 1020 g/mol. The molecule has 2 fully saturated rings. The Kier molecular flexibility index (Phi) is 19.5. The van der Waals surface area contributed by atoms with E-state index < -0.39 is 95.5 Å². The van der Waals surface area contributed by atoms with Gasteiger partial charge in [0.05, 0.1) is 71.3 Å². The number of aromatic nitrogens is 7. The SMILES string of the molecule is Cc1nnc(-c2ccc(OCCOCCOCCOCCOCCC(=O)NCC3OC(OP(=O)(O)OP(=O)(O)OCC4OC(n5cnc6c(=O)[nH]c(N)cc65)C(O)C4O)C(O)C(O)C3O)cc2)nn1. The number of aliphatic hydroxyl groups excluding tert-OH is 5. The third-order valence-electron chi connectivity index (χ3n) is 10.0. The van der Waals surface area contributed by atoms with Crippen molar-refractivity contribution in [1.29, 1.82) is 0 Å². The summed E-state index contributed by atoms with van der Waals surface area (Å²) in [5, 5.41) is 70.5. The molecule has 69 heavy (non-hydrogen) atoms. The van der Waals surface area contributed by atoms with Crippen molar-refractivity contribution in [2.45, 2.75) is 68.6 Å². The number of nitrogens with one attached hydrogen (secondary N) is 2. The molecule has 382 valence electrons. The zero-order valence-electron chi connectivity index (χ0n) is 36.6. The van der Waals surface area contributed by atoms with Crippen molar-refractivity contribution >= 4 is 38.4 Å². The van der Waals surface area contributed by atoms with E-state index in [2.05, 4.69) is 40.0 Å². The van der Waals surface area contributed by atoms with Gasteiger partial charge in [-0.15, -0.1) is 20.4 Å². The topological polar surface area (TPSA) is 425 Å². The average Bonchev–Trinajstić information content (AvgIpc) is 3.85. The molecule has 3 aromatic heterocycles. The van der Waals surface area contributed by atoms with Gasteiger partial charge < -0.3 is 89.1 Å². The Morgan fingerprint density at radius 2 is 1.41 bits per heavy atom. The maximum Gasteiger partial charge on any atom is 0.483 e. The zero-order valence-corrected chi connectivity index (χ0v) is 38.4. The molecule has 2 saturated heterocycles. The number of nitrogen functional groups attached to an aromatic ring is 1. The number of carbonyl (C=O) groups is 1. The van der Waals surface area contributed by atoms with Gasteiger partial charge in [0.15, 0.2) is 23.9 Å². The number of aromatic amines is 1. The fraction of sp³-hybridized carbons (Fsp3) is 0.595. The number of nitrogens with zero attached hydrogens (tertiary/aromatic N) is 6. The van der Waals surface area contributed by atoms with Gasteiger partial charge >= 0.3 is 15.6 Å². The lowest BCUT2D eigenvalue weighted by molar-refractivity contribution is -0.273. The maximum atomic E-state index is 12.8. The molecule has 0 spiro atoms. The molecular formula is C37H53N9O21P2. The van der Waals surface area contributed by atoms with Crippen molar-refractivity contribution in [1.82, 2.24) is 40.2 Å². The van der Waals surface area contributed by atoms with Gasteiger partial charge in [0.25, 0.3) is 5.56 Å². The number of benzene rings is 1. The Bertz CT molecular complexity index is 2420. The highest BCUT2D eigenvalue weighted by Crippen LogP contribution is 2.61. The number of rotatable bonds is 27. The van der Waals surface area contributed by atoms with Crippen molar-refractivity contribution in [3.8, 4) is 17.1 Å². The van der Waals surface area contributed by atoms with Crippen LogP contribution in [0.2, 0.25) is 0 Å². The van der Waals surface area contributed by atoms with Gasteiger partial charge in [-0.25, -0.2) is 14.1 Å². The van der Waals surface area contributed by atoms with Gasteiger partial charge in [-0.1, -0.05) is 0 Å². The Morgan fingerprint density at radius 1 is 0.797 bits per heavy atom. The molecule has 30 nitrogen and oxygen atoms in total. The summed E-state index contributed by atoms with van der Waals surface area (Å²) in [7, 11) is -11.3. The first kappa shape index (κ1) is 53.8. The van der Waals surface area contributed by atoms with Gasteiger partial charge in [0.2, 0.25) is 11.7 Å². The summed E-state index contributed by atoms with van der Waals surface area (Å²) in [5.74, 6) is 0.924. The fourth-order valence-electron chi connectivity index (χ4n) is 6.55. The number of aryl methyl sites for hydroxylation is 1. The molecule has 1 aromatic carbocycles. The van der Waals surface area contributed by atoms with Crippen LogP contribution in [0.1, 0.15) is 18.5 Å². The van der Waals surface area contributed by atoms with Gasteiger partial charge in [-0.2, -0.15) is 4.31 Å². The molecule has 11 unspecified atom stereocenters. The van der Waals surface area contributed by atoms with E-state index in [-0.39, 0.29) is 49.7 Å². The Labute approximate surface area is 390 Å². The van der Waals surface area contributed by atoms with E-state index in [1.165, 1.54) is 10.6 Å². The zero-order chi connectivity index (χ0) is 49.7. The summed E-state index contributed by atoms with van der Waals surface area (Å²) in [6.45, 7) is 2.49. The molecule has 0 bridgehead atoms. The molecule has 0 radical (unpaired) electrons. The molecule has 4 aromatic rings. The minimum Gasteiger partial charge on any atom is -0.491 e. The van der Waals surface area contributed by atoms with Crippen LogP contribution < -0.4 is 21.3 Å². The second-order valence-corrected chi connectivity index (χ2v) is 18.1. The quantitative estimate of drug-likeness (QED) is 0.0213. The van der Waals surface area contributed by atoms with Gasteiger partial charge in [-0.05, 0) is 31.2 Å². The number of nitrogens with two attached hydrogens (primary N) is 1. The normalized spacial score (nSPS) is 25.6. The molecule has 2 aliphatic rings. The minimum atomic E-state index is -5.72. The molecule has 0 saturated carbocycles. The van der Waals surface area contributed by atoms with Crippen LogP contribution in [-0.4, -0.2) is 198 Å². The number of carbonyl (C=O) groups excluding carboxylic acids is 1. The largest absolute Gasteiger partial charge is 0.491 e. The first-order valence-corrected chi connectivity index (χ1v) is 24.0. The molecule has 6 rings (SSSR count). The minimum absolute atomic E-state index is 0.0298. The first-order chi connectivity index (χ1) is 32.9. The van der Waals surface area contributed by atoms with Crippen molar-refractivity contribution in [2.75, 3.05) is 78.3 Å². The number of hydrogen-bond acceptors (Lipinski definition) is 25. The van der Waals surface area contributed by atoms with Crippen LogP contribution in [0.25, 0.3) is 22.4 Å². The highest BCUT2D eigenvalue weighted by molar-refractivity contribution is 7.61. The number of fused-ring (bicyclic) bond motifs is 1. The van der Waals surface area contributed by atoms with Gasteiger partial charge in [0, 0.05) is 24.6 Å². The number of imidazole rings is 1. The van der Waals surface area contributed by atoms with E-state index in [1.807, 2.05) is 0 Å². The number of hydrogen-bond donors (Lipinski definition) is 10. The molecule has 32 heteroatoms. The summed E-state index contributed by atoms with van der Waals surface area (Å²) in [6, 6.07) is 8.50. The number of anilines is 1. The number of phosphoric acid groups is 2. The number of aliphatic hydroxyl groups is 5. The molecule has 0 aliphatic carbocycles. The fourth-order valence-corrected chi connectivity index (χ4v) is 8.71. The van der Waals surface area contributed by atoms with Crippen LogP contribution in [0, 0.1) is 6.92 Å². The molecule has 2 aliphatic heterocycles. The Morgan fingerprint density at radius 3 is 2.06 bits per heavy atom. The lowest BCUT2D eigenvalue weighted by Crippen LogP contribution is -2.60. The van der Waals surface area contributed by atoms with E-state index in [0.29, 0.717) is 50.4 Å². The summed E-state index contributed by atoms with van der Waals surface area (Å²) in [6.07, 6.45) is -15.4. The lowest BCUT2D eigenvalue weighted by Gasteiger charge is -2.40. The van der Waals surface area contributed by atoms with Crippen LogP contribution in [0.4, 0.5) is 5.82 Å². The molecule has 1 amide bonds. The second-order valence-electron chi connectivity index (χ2n) is 15.1. The maximum absolute atomic E-state index is 12.8. The smallest absolute Gasteiger partial charge is 0.483 e. The molecule has 11 atom stereocenters. The van der Waals surface area contributed by atoms with Gasteiger partial charge in [-0.3, -0.25) is 18.6 Å². The third kappa shape index (κ3) is 15.5. The average molecular weight is 1020 g/mol. The van der Waals surface area contributed by atoms with E-state index in [1.54, 1.807) is 31.2 Å². The first-order valence-electron chi connectivity index (χ1n) is 21.0. The van der Waals surface area contributed by atoms with Gasteiger partial charge in [0.1, 0.15) is 60.9 Å². The molecule has 5 heterocycles. The third-order valence-corrected chi connectivity index (χ3v) is 12.6. The van der Waals surface area contributed by atoms with Crippen molar-refractivity contribution in [3.63, 3.8) is 0 Å². The number of phosphoric ester groups is 2. The van der Waals surface area contributed by atoms with Crippen molar-refractivity contribution in [3.05, 3.63) is 52.8 Å². The standard InChI is InChI=1S/C37H53N9O21P2/c1-20-42-44-34(45-43-20)21-2-4-22(5-3-21)62-15-14-61-13-12-60-11-10-59-9-8-58-7-6-27(47)39-17-24-29(48)31(50)33(52)37(65-24)66-69(56,57)67-68(54,55)63-18-25-30(49)32(51)36(64-25)46-19-40-28-23(46)16-26(38)41-35(28)53/h2-5,16,19,24-25,29-33,36-37,48-52H,6-15,17-18H2,1H3,(H,39,47)(H,54,55)(H,56,57)(H3,38,41,53). The Hall–Kier alpha value is -4.53. The summed E-state index contributed by atoms with van der Waals surface area (Å²) >= 11 is 0. The predicted molar refractivity (Wildman–Crippen MR) is 229 cm³/mol. The summed E-state index contributed by atoms with van der Waals surface area (Å²) < 4.78 is 78.6. The van der Waals surface area contributed by atoms with E-state index >= 15 is 0 Å². The molecule has 11 N–H and O–H groups in total. The highest BCUT2D eigenvalue weighted by atomic mass is 31.3. The van der Waals surface area contributed by atoms with Crippen molar-refractivity contribution in [2.24, 2.45) is 0 Å². The molecular weight excluding hydrogens is 968 g/mol. The van der Waals surface area contributed by atoms with Crippen LogP contribution >= 0.6 is 15.6 Å². The number of ether oxygens (including phenoxy) is 7. The lowest BCUT2D eigenvalue weighted by atomic mass is 9.99. The summed E-state index contributed by atoms with van der Waals surface area (Å²) in [5.41, 5.74) is 5.85. The van der Waals surface area contributed by atoms with E-state index in [9.17, 15) is 54.0 Å². The second kappa shape index (κ2) is 25.0. The number of H-pyrrole nitrogens is 1. The van der Waals surface area contributed by atoms with E-state index in [4.69, 9.17) is 47.9 Å². The van der Waals surface area contributed by atoms with Crippen LogP contribution in [0.3, 0.4) is 0 Å². The summed E-state index contributed by atoms with van der Waals surface area (Å²) in [4.78, 5) is 51.3. The highest BCUT2D eigenvalue weighted by Gasteiger charge is 2.50.